The summed E-state index contributed by atoms with van der Waals surface area (Å²) in [6.45, 7) is 2.82. The van der Waals surface area contributed by atoms with Crippen LogP contribution in [0.15, 0.2) is 40.9 Å². The molecule has 7 heteroatoms. The lowest BCUT2D eigenvalue weighted by molar-refractivity contribution is -0.147. The average Bonchev–Trinajstić information content (AvgIpc) is 2.86. The van der Waals surface area contributed by atoms with Gasteiger partial charge in [-0.2, -0.15) is 13.2 Å². The molecular formula is C16H16F3NO3. The van der Waals surface area contributed by atoms with Crippen LogP contribution in [0.1, 0.15) is 31.7 Å². The van der Waals surface area contributed by atoms with E-state index < -0.39 is 24.0 Å². The number of hydrogen-bond acceptors (Lipinski definition) is 4. The van der Waals surface area contributed by atoms with Crippen LogP contribution in [0.4, 0.5) is 13.2 Å². The molecule has 0 N–H and O–H groups in total. The monoisotopic (exact) mass is 327 g/mol. The Morgan fingerprint density at radius 3 is 2.48 bits per heavy atom. The number of hydrogen-bond donors (Lipinski definition) is 0. The van der Waals surface area contributed by atoms with Crippen LogP contribution in [-0.2, 0) is 16.6 Å². The Hall–Kier alpha value is -2.31. The first-order valence-corrected chi connectivity index (χ1v) is 6.94. The van der Waals surface area contributed by atoms with Crippen LogP contribution in [0.3, 0.4) is 0 Å². The zero-order valence-electron chi connectivity index (χ0n) is 12.7. The summed E-state index contributed by atoms with van der Waals surface area (Å²) in [7, 11) is 0. The van der Waals surface area contributed by atoms with Gasteiger partial charge in [-0.3, -0.25) is 4.79 Å². The Labute approximate surface area is 131 Å². The molecule has 0 radical (unpaired) electrons. The minimum absolute atomic E-state index is 0.0809. The van der Waals surface area contributed by atoms with Gasteiger partial charge in [0.1, 0.15) is 11.5 Å². The number of rotatable bonds is 5. The lowest BCUT2D eigenvalue weighted by Crippen LogP contribution is -2.25. The van der Waals surface area contributed by atoms with Gasteiger partial charge in [0.15, 0.2) is 0 Å². The predicted molar refractivity (Wildman–Crippen MR) is 76.0 cm³/mol. The highest BCUT2D eigenvalue weighted by atomic mass is 19.4. The molecule has 0 fully saturated rings. The number of esters is 1. The van der Waals surface area contributed by atoms with Crippen molar-refractivity contribution in [1.82, 2.24) is 5.16 Å². The maximum Gasteiger partial charge on any atom is 0.390 e. The molecule has 23 heavy (non-hydrogen) atoms. The quantitative estimate of drug-likeness (QED) is 0.614. The molecule has 0 saturated carbocycles. The molecule has 0 aliphatic carbocycles. The largest absolute Gasteiger partial charge is 0.426 e. The van der Waals surface area contributed by atoms with Crippen molar-refractivity contribution in [3.63, 3.8) is 0 Å². The molecule has 4 nitrogen and oxygen atoms in total. The molecule has 2 aromatic rings. The fourth-order valence-electron chi connectivity index (χ4n) is 2.11. The summed E-state index contributed by atoms with van der Waals surface area (Å²) >= 11 is 0. The highest BCUT2D eigenvalue weighted by Crippen LogP contribution is 2.36. The summed E-state index contributed by atoms with van der Waals surface area (Å²) in [5.41, 5.74) is -1.02. The van der Waals surface area contributed by atoms with Gasteiger partial charge in [-0.25, -0.2) is 0 Å². The summed E-state index contributed by atoms with van der Waals surface area (Å²) < 4.78 is 47.7. The second-order valence-corrected chi connectivity index (χ2v) is 5.82. The van der Waals surface area contributed by atoms with E-state index >= 15 is 0 Å². The Kier molecular flexibility index (Phi) is 4.77. The fourth-order valence-corrected chi connectivity index (χ4v) is 2.11. The van der Waals surface area contributed by atoms with Crippen LogP contribution in [0.2, 0.25) is 0 Å². The molecule has 0 aliphatic heterocycles. The molecule has 2 rings (SSSR count). The molecule has 0 spiro atoms. The number of alkyl halides is 3. The Balaban J connectivity index is 2.00. The first kappa shape index (κ1) is 17.1. The number of nitrogens with zero attached hydrogens (tertiary/aromatic N) is 1. The summed E-state index contributed by atoms with van der Waals surface area (Å²) in [5.74, 6) is -0.0966. The van der Waals surface area contributed by atoms with Crippen molar-refractivity contribution in [3.8, 4) is 5.75 Å². The topological polar surface area (TPSA) is 52.3 Å². The maximum atomic E-state index is 12.6. The summed E-state index contributed by atoms with van der Waals surface area (Å²) in [6, 6.07) is 9.83. The van der Waals surface area contributed by atoms with Crippen molar-refractivity contribution in [2.75, 3.05) is 0 Å². The van der Waals surface area contributed by atoms with E-state index in [4.69, 9.17) is 9.26 Å². The molecule has 0 bridgehead atoms. The SMILES string of the molecule is CC(C)(CC(F)(F)F)c1cc(CC(=O)Oc2ccccc2)no1. The van der Waals surface area contributed by atoms with E-state index in [0.29, 0.717) is 5.75 Å². The van der Waals surface area contributed by atoms with E-state index in [9.17, 15) is 18.0 Å². The van der Waals surface area contributed by atoms with Crippen molar-refractivity contribution in [3.05, 3.63) is 47.9 Å². The molecule has 0 atom stereocenters. The molecule has 0 amide bonds. The third-order valence-corrected chi connectivity index (χ3v) is 3.17. The minimum Gasteiger partial charge on any atom is -0.426 e. The van der Waals surface area contributed by atoms with Crippen LogP contribution in [0, 0.1) is 0 Å². The number of aromatic nitrogens is 1. The van der Waals surface area contributed by atoms with Gasteiger partial charge in [-0.1, -0.05) is 37.2 Å². The lowest BCUT2D eigenvalue weighted by atomic mass is 9.86. The first-order valence-electron chi connectivity index (χ1n) is 6.94. The molecule has 1 aromatic carbocycles. The van der Waals surface area contributed by atoms with Gasteiger partial charge in [0.25, 0.3) is 0 Å². The third-order valence-electron chi connectivity index (χ3n) is 3.17. The van der Waals surface area contributed by atoms with Crippen molar-refractivity contribution < 1.29 is 27.2 Å². The number of benzene rings is 1. The second-order valence-electron chi connectivity index (χ2n) is 5.82. The van der Waals surface area contributed by atoms with Crippen molar-refractivity contribution in [1.29, 1.82) is 0 Å². The first-order chi connectivity index (χ1) is 10.7. The Morgan fingerprint density at radius 1 is 1.22 bits per heavy atom. The second kappa shape index (κ2) is 6.44. The van der Waals surface area contributed by atoms with Crippen LogP contribution < -0.4 is 4.74 Å². The minimum atomic E-state index is -4.32. The highest BCUT2D eigenvalue weighted by molar-refractivity contribution is 5.74. The van der Waals surface area contributed by atoms with Crippen LogP contribution >= 0.6 is 0 Å². The van der Waals surface area contributed by atoms with Gasteiger partial charge in [0.2, 0.25) is 0 Å². The van der Waals surface area contributed by atoms with Crippen LogP contribution in [0.5, 0.6) is 5.75 Å². The smallest absolute Gasteiger partial charge is 0.390 e. The van der Waals surface area contributed by atoms with Gasteiger partial charge in [-0.05, 0) is 12.1 Å². The average molecular weight is 327 g/mol. The van der Waals surface area contributed by atoms with E-state index in [0.717, 1.165) is 0 Å². The van der Waals surface area contributed by atoms with E-state index in [2.05, 4.69) is 5.16 Å². The van der Waals surface area contributed by atoms with E-state index in [1.54, 1.807) is 30.3 Å². The van der Waals surface area contributed by atoms with E-state index in [-0.39, 0.29) is 17.9 Å². The third kappa shape index (κ3) is 5.12. The van der Waals surface area contributed by atoms with Gasteiger partial charge < -0.3 is 9.26 Å². The van der Waals surface area contributed by atoms with E-state index in [1.165, 1.54) is 19.9 Å². The van der Waals surface area contributed by atoms with Crippen molar-refractivity contribution in [2.24, 2.45) is 0 Å². The number of halogens is 3. The van der Waals surface area contributed by atoms with Gasteiger partial charge in [0.05, 0.1) is 18.5 Å². The summed E-state index contributed by atoms with van der Waals surface area (Å²) in [5, 5.41) is 3.65. The molecule has 1 heterocycles. The molecule has 0 unspecified atom stereocenters. The number of carbonyl (C=O) groups excluding carboxylic acids is 1. The highest BCUT2D eigenvalue weighted by Gasteiger charge is 2.39. The number of para-hydroxylation sites is 1. The summed E-state index contributed by atoms with van der Waals surface area (Å²) in [6.07, 6.45) is -5.54. The molecule has 124 valence electrons. The molecule has 1 aromatic heterocycles. The lowest BCUT2D eigenvalue weighted by Gasteiger charge is -2.22. The molecule has 0 aliphatic rings. The van der Waals surface area contributed by atoms with E-state index in [1.807, 2.05) is 0 Å². The van der Waals surface area contributed by atoms with Gasteiger partial charge in [-0.15, -0.1) is 0 Å². The van der Waals surface area contributed by atoms with Gasteiger partial charge >= 0.3 is 12.1 Å². The standard InChI is InChI=1S/C16H16F3NO3/c1-15(2,10-16(17,18)19)13-8-11(20-23-13)9-14(21)22-12-6-4-3-5-7-12/h3-8H,9-10H2,1-2H3. The zero-order chi connectivity index (χ0) is 17.1. The molecule has 0 saturated heterocycles. The Morgan fingerprint density at radius 2 is 1.87 bits per heavy atom. The van der Waals surface area contributed by atoms with Crippen LogP contribution in [0.25, 0.3) is 0 Å². The van der Waals surface area contributed by atoms with Gasteiger partial charge in [0, 0.05) is 11.5 Å². The maximum absolute atomic E-state index is 12.6. The Bertz CT molecular complexity index is 663. The predicted octanol–water partition coefficient (Wildman–Crippen LogP) is 4.05. The van der Waals surface area contributed by atoms with Crippen molar-refractivity contribution in [2.45, 2.75) is 38.3 Å². The zero-order valence-corrected chi connectivity index (χ0v) is 12.7. The normalized spacial score (nSPS) is 12.2. The van der Waals surface area contributed by atoms with Crippen molar-refractivity contribution >= 4 is 5.97 Å². The number of ether oxygens (including phenoxy) is 1. The number of carbonyl (C=O) groups is 1. The summed E-state index contributed by atoms with van der Waals surface area (Å²) in [4.78, 5) is 11.8. The van der Waals surface area contributed by atoms with Crippen LogP contribution in [-0.4, -0.2) is 17.3 Å². The molecular weight excluding hydrogens is 311 g/mol. The fraction of sp³-hybridized carbons (Fsp3) is 0.375.